The largest absolute Gasteiger partial charge is 0.337 e. The second kappa shape index (κ2) is 8.52. The Labute approximate surface area is 165 Å². The molecule has 2 saturated heterocycles. The number of benzene rings is 1. The summed E-state index contributed by atoms with van der Waals surface area (Å²) in [5.41, 5.74) is 2.21. The van der Waals surface area contributed by atoms with Gasteiger partial charge >= 0.3 is 0 Å². The molecule has 2 aliphatic rings. The highest BCUT2D eigenvalue weighted by Crippen LogP contribution is 2.15. The highest BCUT2D eigenvalue weighted by Gasteiger charge is 2.25. The topological polar surface area (TPSA) is 56.8 Å². The Balaban J connectivity index is 1.36. The van der Waals surface area contributed by atoms with E-state index >= 15 is 0 Å². The molecule has 0 bridgehead atoms. The molecule has 0 saturated carbocycles. The maximum Gasteiger partial charge on any atom is 0.272 e. The number of hydrogen-bond donors (Lipinski definition) is 0. The van der Waals surface area contributed by atoms with Crippen LogP contribution in [0.15, 0.2) is 48.7 Å². The molecular weight excluding hydrogens is 352 g/mol. The third kappa shape index (κ3) is 4.22. The highest BCUT2D eigenvalue weighted by molar-refractivity contribution is 5.98. The molecule has 1 aromatic carbocycles. The van der Waals surface area contributed by atoms with E-state index in [0.717, 1.165) is 45.6 Å². The Morgan fingerprint density at radius 1 is 0.821 bits per heavy atom. The maximum atomic E-state index is 12.9. The van der Waals surface area contributed by atoms with Gasteiger partial charge in [-0.2, -0.15) is 0 Å². The van der Waals surface area contributed by atoms with Gasteiger partial charge in [0.15, 0.2) is 0 Å². The average molecular weight is 378 g/mol. The van der Waals surface area contributed by atoms with E-state index in [2.05, 4.69) is 34.1 Å². The zero-order valence-electron chi connectivity index (χ0n) is 16.1. The first kappa shape index (κ1) is 18.6. The van der Waals surface area contributed by atoms with E-state index in [1.807, 2.05) is 15.9 Å². The van der Waals surface area contributed by atoms with Crippen LogP contribution in [0.5, 0.6) is 0 Å². The number of carbonyl (C=O) groups is 2. The lowest BCUT2D eigenvalue weighted by atomic mass is 10.1. The van der Waals surface area contributed by atoms with E-state index in [-0.39, 0.29) is 11.8 Å². The van der Waals surface area contributed by atoms with Crippen molar-refractivity contribution in [1.29, 1.82) is 0 Å². The summed E-state index contributed by atoms with van der Waals surface area (Å²) in [7, 11) is 0. The number of rotatable bonds is 4. The monoisotopic (exact) mass is 378 g/mol. The maximum absolute atomic E-state index is 12.9. The first-order chi connectivity index (χ1) is 13.7. The summed E-state index contributed by atoms with van der Waals surface area (Å²) in [6.45, 7) is 5.57. The molecule has 2 fully saturated rings. The molecule has 6 heteroatoms. The predicted octanol–water partition coefficient (Wildman–Crippen LogP) is 2.28. The Bertz CT molecular complexity index is 825. The number of hydrogen-bond acceptors (Lipinski definition) is 4. The SMILES string of the molecule is O=C(c1ccnc(C(=O)N2CCCC2)c1)N1CCN(Cc2ccccc2)CC1. The molecule has 0 aliphatic carbocycles. The third-order valence-electron chi connectivity index (χ3n) is 5.53. The number of aromatic nitrogens is 1. The molecule has 2 aliphatic heterocycles. The minimum absolute atomic E-state index is 0.0165. The van der Waals surface area contributed by atoms with Crippen LogP contribution in [0.4, 0.5) is 0 Å². The standard InChI is InChI=1S/C22H26N4O2/c27-21(19-8-9-23-20(16-19)22(28)25-10-4-5-11-25)26-14-12-24(13-15-26)17-18-6-2-1-3-7-18/h1-3,6-9,16H,4-5,10-15,17H2. The fourth-order valence-electron chi connectivity index (χ4n) is 3.90. The summed E-state index contributed by atoms with van der Waals surface area (Å²) >= 11 is 0. The lowest BCUT2D eigenvalue weighted by molar-refractivity contribution is 0.0628. The van der Waals surface area contributed by atoms with E-state index in [9.17, 15) is 9.59 Å². The van der Waals surface area contributed by atoms with Crippen molar-refractivity contribution in [2.45, 2.75) is 19.4 Å². The van der Waals surface area contributed by atoms with Gasteiger partial charge in [0.2, 0.25) is 0 Å². The van der Waals surface area contributed by atoms with Gasteiger partial charge in [0, 0.05) is 57.6 Å². The van der Waals surface area contributed by atoms with Gasteiger partial charge in [-0.1, -0.05) is 30.3 Å². The van der Waals surface area contributed by atoms with E-state index < -0.39 is 0 Å². The van der Waals surface area contributed by atoms with E-state index in [4.69, 9.17) is 0 Å². The molecule has 2 amide bonds. The first-order valence-corrected chi connectivity index (χ1v) is 10.0. The molecule has 3 heterocycles. The van der Waals surface area contributed by atoms with Crippen molar-refractivity contribution in [3.8, 4) is 0 Å². The van der Waals surface area contributed by atoms with Crippen molar-refractivity contribution in [3.05, 3.63) is 65.5 Å². The number of carbonyl (C=O) groups excluding carboxylic acids is 2. The van der Waals surface area contributed by atoms with Crippen LogP contribution < -0.4 is 0 Å². The second-order valence-electron chi connectivity index (χ2n) is 7.48. The van der Waals surface area contributed by atoms with Crippen molar-refractivity contribution in [2.75, 3.05) is 39.3 Å². The molecule has 0 unspecified atom stereocenters. The number of nitrogens with zero attached hydrogens (tertiary/aromatic N) is 4. The van der Waals surface area contributed by atoms with Gasteiger partial charge in [-0.15, -0.1) is 0 Å². The Hall–Kier alpha value is -2.73. The summed E-state index contributed by atoms with van der Waals surface area (Å²) in [6.07, 6.45) is 3.65. The van der Waals surface area contributed by atoms with E-state index in [0.29, 0.717) is 24.3 Å². The molecule has 2 aromatic rings. The van der Waals surface area contributed by atoms with Crippen molar-refractivity contribution in [3.63, 3.8) is 0 Å². The van der Waals surface area contributed by atoms with Crippen LogP contribution in [0.2, 0.25) is 0 Å². The number of piperazine rings is 1. The normalized spacial score (nSPS) is 17.7. The minimum Gasteiger partial charge on any atom is -0.337 e. The molecule has 0 spiro atoms. The Morgan fingerprint density at radius 2 is 1.50 bits per heavy atom. The van der Waals surface area contributed by atoms with Gasteiger partial charge in [-0.25, -0.2) is 0 Å². The molecule has 4 rings (SSSR count). The molecular formula is C22H26N4O2. The summed E-state index contributed by atoms with van der Waals surface area (Å²) in [5, 5.41) is 0. The van der Waals surface area contributed by atoms with Gasteiger partial charge in [0.25, 0.3) is 11.8 Å². The summed E-state index contributed by atoms with van der Waals surface area (Å²) < 4.78 is 0. The van der Waals surface area contributed by atoms with Gasteiger partial charge in [-0.05, 0) is 30.5 Å². The lowest BCUT2D eigenvalue weighted by Gasteiger charge is -2.34. The first-order valence-electron chi connectivity index (χ1n) is 10.0. The van der Waals surface area contributed by atoms with Crippen LogP contribution in [0.3, 0.4) is 0 Å². The van der Waals surface area contributed by atoms with Crippen molar-refractivity contribution in [2.24, 2.45) is 0 Å². The average Bonchev–Trinajstić information content (AvgIpc) is 3.29. The third-order valence-corrected chi connectivity index (χ3v) is 5.53. The van der Waals surface area contributed by atoms with Crippen molar-refractivity contribution < 1.29 is 9.59 Å². The fourth-order valence-corrected chi connectivity index (χ4v) is 3.90. The molecule has 1 aromatic heterocycles. The predicted molar refractivity (Wildman–Crippen MR) is 107 cm³/mol. The van der Waals surface area contributed by atoms with Gasteiger partial charge in [-0.3, -0.25) is 19.5 Å². The van der Waals surface area contributed by atoms with Crippen LogP contribution in [0.1, 0.15) is 39.3 Å². The van der Waals surface area contributed by atoms with Crippen LogP contribution >= 0.6 is 0 Å². The van der Waals surface area contributed by atoms with E-state index in [1.54, 1.807) is 18.3 Å². The van der Waals surface area contributed by atoms with Crippen LogP contribution in [-0.2, 0) is 6.54 Å². The molecule has 0 N–H and O–H groups in total. The smallest absolute Gasteiger partial charge is 0.272 e. The minimum atomic E-state index is -0.0696. The van der Waals surface area contributed by atoms with E-state index in [1.165, 1.54) is 5.56 Å². The van der Waals surface area contributed by atoms with Gasteiger partial charge in [0.1, 0.15) is 5.69 Å². The molecule has 146 valence electrons. The number of pyridine rings is 1. The zero-order valence-corrected chi connectivity index (χ0v) is 16.1. The summed E-state index contributed by atoms with van der Waals surface area (Å²) in [4.78, 5) is 35.7. The highest BCUT2D eigenvalue weighted by atomic mass is 16.2. The molecule has 0 radical (unpaired) electrons. The van der Waals surface area contributed by atoms with Gasteiger partial charge < -0.3 is 9.80 Å². The Kier molecular flexibility index (Phi) is 5.67. The lowest BCUT2D eigenvalue weighted by Crippen LogP contribution is -2.48. The number of likely N-dealkylation sites (tertiary alicyclic amines) is 1. The zero-order chi connectivity index (χ0) is 19.3. The molecule has 0 atom stereocenters. The van der Waals surface area contributed by atoms with Crippen molar-refractivity contribution in [1.82, 2.24) is 19.7 Å². The fraction of sp³-hybridized carbons (Fsp3) is 0.409. The van der Waals surface area contributed by atoms with Crippen molar-refractivity contribution >= 4 is 11.8 Å². The summed E-state index contributed by atoms with van der Waals surface area (Å²) in [6, 6.07) is 13.8. The second-order valence-corrected chi connectivity index (χ2v) is 7.48. The summed E-state index contributed by atoms with van der Waals surface area (Å²) in [5.74, 6) is -0.0861. The Morgan fingerprint density at radius 3 is 2.21 bits per heavy atom. The van der Waals surface area contributed by atoms with Gasteiger partial charge in [0.05, 0.1) is 0 Å². The molecule has 6 nitrogen and oxygen atoms in total. The van der Waals surface area contributed by atoms with Crippen LogP contribution in [0, 0.1) is 0 Å². The van der Waals surface area contributed by atoms with Crippen LogP contribution in [-0.4, -0.2) is 70.8 Å². The van der Waals surface area contributed by atoms with Crippen LogP contribution in [0.25, 0.3) is 0 Å². The molecule has 28 heavy (non-hydrogen) atoms. The quantitative estimate of drug-likeness (QED) is 0.819. The number of amides is 2.